The van der Waals surface area contributed by atoms with Crippen LogP contribution >= 0.6 is 22.9 Å². The summed E-state index contributed by atoms with van der Waals surface area (Å²) in [4.78, 5) is 17.8. The molecule has 158 valence electrons. The molecule has 3 heterocycles. The van der Waals surface area contributed by atoms with Crippen LogP contribution in [0.3, 0.4) is 0 Å². The van der Waals surface area contributed by atoms with E-state index < -0.39 is 10.0 Å². The highest BCUT2D eigenvalue weighted by molar-refractivity contribution is 7.89. The minimum atomic E-state index is -3.64. The van der Waals surface area contributed by atoms with Crippen molar-refractivity contribution in [3.8, 4) is 0 Å². The summed E-state index contributed by atoms with van der Waals surface area (Å²) in [5.74, 6) is -0.320. The summed E-state index contributed by atoms with van der Waals surface area (Å²) in [6, 6.07) is 8.86. The second-order valence-electron chi connectivity index (χ2n) is 7.41. The van der Waals surface area contributed by atoms with Crippen LogP contribution in [0.2, 0.25) is 5.02 Å². The van der Waals surface area contributed by atoms with Gasteiger partial charge in [-0.15, -0.1) is 11.3 Å². The SMILES string of the molecule is Cc1ccc(C(=O)NC(c2cccs2)C2CN(S(=O)(=O)c3cn(C)cn3)C2)c(Cl)c1. The van der Waals surface area contributed by atoms with E-state index >= 15 is 0 Å². The van der Waals surface area contributed by atoms with Gasteiger partial charge in [0.1, 0.15) is 0 Å². The summed E-state index contributed by atoms with van der Waals surface area (Å²) in [7, 11) is -1.91. The van der Waals surface area contributed by atoms with Gasteiger partial charge >= 0.3 is 0 Å². The number of amides is 1. The van der Waals surface area contributed by atoms with E-state index in [4.69, 9.17) is 11.6 Å². The molecule has 1 fully saturated rings. The molecular weight excluding hydrogens is 444 g/mol. The first kappa shape index (κ1) is 21.0. The first-order chi connectivity index (χ1) is 14.3. The Morgan fingerprint density at radius 1 is 1.33 bits per heavy atom. The van der Waals surface area contributed by atoms with Gasteiger partial charge in [-0.2, -0.15) is 4.31 Å². The van der Waals surface area contributed by atoms with Gasteiger partial charge in [0, 0.05) is 37.1 Å². The van der Waals surface area contributed by atoms with Crippen molar-refractivity contribution in [2.24, 2.45) is 13.0 Å². The topological polar surface area (TPSA) is 84.3 Å². The zero-order valence-electron chi connectivity index (χ0n) is 16.4. The third-order valence-corrected chi connectivity index (χ3v) is 8.12. The number of carbonyl (C=O) groups is 1. The summed E-state index contributed by atoms with van der Waals surface area (Å²) < 4.78 is 28.5. The number of imidazole rings is 1. The van der Waals surface area contributed by atoms with Crippen LogP contribution in [-0.2, 0) is 17.1 Å². The molecular formula is C20H21ClN4O3S2. The maximum Gasteiger partial charge on any atom is 0.262 e. The van der Waals surface area contributed by atoms with Gasteiger partial charge in [0.15, 0.2) is 5.03 Å². The predicted molar refractivity (Wildman–Crippen MR) is 116 cm³/mol. The van der Waals surface area contributed by atoms with Crippen molar-refractivity contribution in [3.63, 3.8) is 0 Å². The number of benzene rings is 1. The van der Waals surface area contributed by atoms with Crippen LogP contribution < -0.4 is 5.32 Å². The quantitative estimate of drug-likeness (QED) is 0.607. The van der Waals surface area contributed by atoms with Crippen molar-refractivity contribution < 1.29 is 13.2 Å². The molecule has 2 aromatic heterocycles. The highest BCUT2D eigenvalue weighted by Crippen LogP contribution is 2.35. The van der Waals surface area contributed by atoms with Gasteiger partial charge in [-0.25, -0.2) is 13.4 Å². The monoisotopic (exact) mass is 464 g/mol. The molecule has 1 amide bonds. The number of nitrogens with one attached hydrogen (secondary N) is 1. The second kappa shape index (κ2) is 8.14. The zero-order chi connectivity index (χ0) is 21.5. The van der Waals surface area contributed by atoms with Crippen molar-refractivity contribution in [3.05, 3.63) is 69.3 Å². The fourth-order valence-electron chi connectivity index (χ4n) is 3.44. The first-order valence-electron chi connectivity index (χ1n) is 9.34. The number of rotatable bonds is 6. The van der Waals surface area contributed by atoms with Crippen LogP contribution in [0, 0.1) is 12.8 Å². The number of hydrogen-bond donors (Lipinski definition) is 1. The molecule has 0 spiro atoms. The fourth-order valence-corrected chi connectivity index (χ4v) is 6.15. The molecule has 1 aliphatic heterocycles. The van der Waals surface area contributed by atoms with Crippen molar-refractivity contribution in [2.75, 3.05) is 13.1 Å². The highest BCUT2D eigenvalue weighted by atomic mass is 35.5. The van der Waals surface area contributed by atoms with E-state index in [0.717, 1.165) is 10.4 Å². The van der Waals surface area contributed by atoms with E-state index in [9.17, 15) is 13.2 Å². The average molecular weight is 465 g/mol. The number of nitrogens with zero attached hydrogens (tertiary/aromatic N) is 3. The van der Waals surface area contributed by atoms with Crippen LogP contribution in [0.25, 0.3) is 0 Å². The molecule has 0 aliphatic carbocycles. The average Bonchev–Trinajstić information content (AvgIpc) is 3.31. The standard InChI is InChI=1S/C20H21ClN4O3S2/c1-13-5-6-15(16(21)8-13)20(26)23-19(17-4-3-7-29-17)14-9-25(10-14)30(27,28)18-11-24(2)12-22-18/h3-8,11-12,14,19H,9-10H2,1-2H3,(H,23,26). The lowest BCUT2D eigenvalue weighted by atomic mass is 9.92. The number of carbonyl (C=O) groups excluding carboxylic acids is 1. The molecule has 1 atom stereocenters. The Morgan fingerprint density at radius 2 is 2.10 bits per heavy atom. The Hall–Kier alpha value is -2.20. The second-order valence-corrected chi connectivity index (χ2v) is 10.7. The summed E-state index contributed by atoms with van der Waals surface area (Å²) >= 11 is 7.79. The molecule has 3 aromatic rings. The lowest BCUT2D eigenvalue weighted by molar-refractivity contribution is 0.0874. The minimum Gasteiger partial charge on any atom is -0.344 e. The van der Waals surface area contributed by atoms with E-state index in [0.29, 0.717) is 23.7 Å². The number of halogens is 1. The maximum atomic E-state index is 12.9. The molecule has 1 aromatic carbocycles. The van der Waals surface area contributed by atoms with Crippen LogP contribution in [0.15, 0.2) is 53.3 Å². The van der Waals surface area contributed by atoms with Gasteiger partial charge in [0.2, 0.25) is 0 Å². The van der Waals surface area contributed by atoms with Gasteiger partial charge in [-0.3, -0.25) is 4.79 Å². The van der Waals surface area contributed by atoms with Crippen LogP contribution in [0.4, 0.5) is 0 Å². The van der Waals surface area contributed by atoms with Crippen LogP contribution in [0.1, 0.15) is 26.8 Å². The van der Waals surface area contributed by atoms with Gasteiger partial charge in [0.25, 0.3) is 15.9 Å². The maximum absolute atomic E-state index is 12.9. The van der Waals surface area contributed by atoms with E-state index in [1.165, 1.54) is 28.2 Å². The number of aromatic nitrogens is 2. The van der Waals surface area contributed by atoms with Crippen molar-refractivity contribution in [1.29, 1.82) is 0 Å². The molecule has 10 heteroatoms. The molecule has 4 rings (SSSR count). The summed E-state index contributed by atoms with van der Waals surface area (Å²) in [5.41, 5.74) is 1.38. The Bertz CT molecular complexity index is 1170. The molecule has 1 aliphatic rings. The van der Waals surface area contributed by atoms with E-state index in [-0.39, 0.29) is 22.9 Å². The Balaban J connectivity index is 1.51. The summed E-state index contributed by atoms with van der Waals surface area (Å²) in [6.45, 7) is 2.53. The minimum absolute atomic E-state index is 0.0339. The van der Waals surface area contributed by atoms with Crippen molar-refractivity contribution in [2.45, 2.75) is 18.0 Å². The molecule has 1 saturated heterocycles. The van der Waals surface area contributed by atoms with Gasteiger partial charge in [-0.1, -0.05) is 23.7 Å². The van der Waals surface area contributed by atoms with Crippen LogP contribution in [-0.4, -0.2) is 41.3 Å². The van der Waals surface area contributed by atoms with Crippen LogP contribution in [0.5, 0.6) is 0 Å². The molecule has 7 nitrogen and oxygen atoms in total. The highest BCUT2D eigenvalue weighted by Gasteiger charge is 2.42. The predicted octanol–water partition coefficient (Wildman–Crippen LogP) is 3.24. The van der Waals surface area contributed by atoms with Gasteiger partial charge in [0.05, 0.1) is 23.0 Å². The smallest absolute Gasteiger partial charge is 0.262 e. The lowest BCUT2D eigenvalue weighted by Gasteiger charge is -2.41. The molecule has 1 N–H and O–H groups in total. The van der Waals surface area contributed by atoms with Crippen molar-refractivity contribution >= 4 is 38.9 Å². The third-order valence-electron chi connectivity index (χ3n) is 5.14. The van der Waals surface area contributed by atoms with E-state index in [2.05, 4.69) is 10.3 Å². The number of aryl methyl sites for hydroxylation is 2. The summed E-state index contributed by atoms with van der Waals surface area (Å²) in [5, 5.41) is 5.43. The zero-order valence-corrected chi connectivity index (χ0v) is 18.8. The first-order valence-corrected chi connectivity index (χ1v) is 12.0. The molecule has 0 radical (unpaired) electrons. The lowest BCUT2D eigenvalue weighted by Crippen LogP contribution is -2.54. The van der Waals surface area contributed by atoms with E-state index in [1.807, 2.05) is 30.5 Å². The van der Waals surface area contributed by atoms with E-state index in [1.54, 1.807) is 23.7 Å². The number of sulfonamides is 1. The molecule has 0 saturated carbocycles. The third kappa shape index (κ3) is 4.02. The van der Waals surface area contributed by atoms with Gasteiger partial charge in [-0.05, 0) is 36.1 Å². The Labute approximate surface area is 184 Å². The molecule has 1 unspecified atom stereocenters. The Morgan fingerprint density at radius 3 is 2.70 bits per heavy atom. The molecule has 30 heavy (non-hydrogen) atoms. The van der Waals surface area contributed by atoms with Crippen molar-refractivity contribution in [1.82, 2.24) is 19.2 Å². The number of hydrogen-bond acceptors (Lipinski definition) is 5. The van der Waals surface area contributed by atoms with Gasteiger partial charge < -0.3 is 9.88 Å². The fraction of sp³-hybridized carbons (Fsp3) is 0.300. The number of thiophene rings is 1. The largest absolute Gasteiger partial charge is 0.344 e. The normalized spacial score (nSPS) is 16.2. The molecule has 0 bridgehead atoms. The Kier molecular flexibility index (Phi) is 5.71. The summed E-state index contributed by atoms with van der Waals surface area (Å²) in [6.07, 6.45) is 2.95.